The molecule has 4 heteroatoms. The van der Waals surface area contributed by atoms with Crippen LogP contribution >= 0.6 is 15.9 Å². The quantitative estimate of drug-likeness (QED) is 0.778. The summed E-state index contributed by atoms with van der Waals surface area (Å²) in [6, 6.07) is 1.62. The summed E-state index contributed by atoms with van der Waals surface area (Å²) in [6.45, 7) is 5.49. The molecule has 1 atom stereocenters. The van der Waals surface area contributed by atoms with Crippen molar-refractivity contribution in [2.45, 2.75) is 13.0 Å². The van der Waals surface area contributed by atoms with Gasteiger partial charge in [0.2, 0.25) is 0 Å². The van der Waals surface area contributed by atoms with Gasteiger partial charge in [0.1, 0.15) is 5.82 Å². The minimum absolute atomic E-state index is 0.260. The lowest BCUT2D eigenvalue weighted by Gasteiger charge is -2.10. The van der Waals surface area contributed by atoms with Gasteiger partial charge < -0.3 is 11.5 Å². The third kappa shape index (κ3) is 2.08. The molecule has 1 aromatic heterocycles. The normalized spacial score (nSPS) is 12.5. The number of hydrogen-bond donors (Lipinski definition) is 2. The first-order valence-electron chi connectivity index (χ1n) is 3.87. The van der Waals surface area contributed by atoms with Gasteiger partial charge in [-0.15, -0.1) is 6.58 Å². The Labute approximate surface area is 86.0 Å². The van der Waals surface area contributed by atoms with Crippen LogP contribution < -0.4 is 11.5 Å². The number of hydrogen-bond acceptors (Lipinski definition) is 3. The van der Waals surface area contributed by atoms with Gasteiger partial charge >= 0.3 is 0 Å². The van der Waals surface area contributed by atoms with E-state index in [-0.39, 0.29) is 6.04 Å². The molecule has 0 fully saturated rings. The molecule has 1 heterocycles. The Morgan fingerprint density at radius 1 is 1.69 bits per heavy atom. The van der Waals surface area contributed by atoms with Gasteiger partial charge in [-0.25, -0.2) is 4.98 Å². The fraction of sp³-hybridized carbons (Fsp3) is 0.222. The van der Waals surface area contributed by atoms with Crippen molar-refractivity contribution in [1.29, 1.82) is 0 Å². The lowest BCUT2D eigenvalue weighted by atomic mass is 10.1. The van der Waals surface area contributed by atoms with Gasteiger partial charge in [-0.1, -0.05) is 6.08 Å². The Bertz CT molecular complexity index is 336. The second-order valence-corrected chi connectivity index (χ2v) is 3.65. The maximum absolute atomic E-state index is 5.76. The van der Waals surface area contributed by atoms with Crippen LogP contribution in [-0.2, 0) is 0 Å². The first-order chi connectivity index (χ1) is 6.06. The molecule has 0 aromatic carbocycles. The summed E-state index contributed by atoms with van der Waals surface area (Å²) in [4.78, 5) is 4.15. The van der Waals surface area contributed by atoms with E-state index >= 15 is 0 Å². The fourth-order valence-corrected chi connectivity index (χ4v) is 1.34. The van der Waals surface area contributed by atoms with Crippen LogP contribution in [0.25, 0.3) is 0 Å². The average molecular weight is 242 g/mol. The van der Waals surface area contributed by atoms with Crippen LogP contribution in [0.5, 0.6) is 0 Å². The first-order valence-corrected chi connectivity index (χ1v) is 4.66. The van der Waals surface area contributed by atoms with Gasteiger partial charge in [-0.05, 0) is 28.9 Å². The predicted molar refractivity (Wildman–Crippen MR) is 58.2 cm³/mol. The van der Waals surface area contributed by atoms with Gasteiger partial charge in [0, 0.05) is 10.0 Å². The summed E-state index contributed by atoms with van der Waals surface area (Å²) in [6.07, 6.45) is 1.63. The van der Waals surface area contributed by atoms with E-state index in [1.165, 1.54) is 0 Å². The molecule has 0 radical (unpaired) electrons. The number of pyridine rings is 1. The SMILES string of the molecule is C=CC(N)c1cc(Br)c(C)nc1N. The maximum Gasteiger partial charge on any atom is 0.128 e. The lowest BCUT2D eigenvalue weighted by Crippen LogP contribution is -2.11. The predicted octanol–water partition coefficient (Wildman–Crippen LogP) is 1.92. The Morgan fingerprint density at radius 3 is 2.85 bits per heavy atom. The zero-order valence-corrected chi connectivity index (χ0v) is 9.01. The number of halogens is 1. The molecule has 0 aliphatic heterocycles. The van der Waals surface area contributed by atoms with Crippen molar-refractivity contribution in [2.24, 2.45) is 5.73 Å². The van der Waals surface area contributed by atoms with Crippen molar-refractivity contribution in [3.05, 3.63) is 34.5 Å². The monoisotopic (exact) mass is 241 g/mol. The van der Waals surface area contributed by atoms with E-state index in [0.29, 0.717) is 5.82 Å². The molecule has 1 unspecified atom stereocenters. The maximum atomic E-state index is 5.76. The molecule has 13 heavy (non-hydrogen) atoms. The van der Waals surface area contributed by atoms with Crippen molar-refractivity contribution in [2.75, 3.05) is 5.73 Å². The molecule has 70 valence electrons. The number of rotatable bonds is 2. The van der Waals surface area contributed by atoms with Gasteiger partial charge in [0.25, 0.3) is 0 Å². The Kier molecular flexibility index (Phi) is 3.06. The average Bonchev–Trinajstić information content (AvgIpc) is 2.10. The van der Waals surface area contributed by atoms with Crippen LogP contribution in [0.3, 0.4) is 0 Å². The summed E-state index contributed by atoms with van der Waals surface area (Å²) in [5.74, 6) is 0.466. The van der Waals surface area contributed by atoms with E-state index in [0.717, 1.165) is 15.7 Å². The van der Waals surface area contributed by atoms with Crippen LogP contribution in [-0.4, -0.2) is 4.98 Å². The lowest BCUT2D eigenvalue weighted by molar-refractivity contribution is 0.903. The largest absolute Gasteiger partial charge is 0.383 e. The minimum Gasteiger partial charge on any atom is -0.383 e. The third-order valence-electron chi connectivity index (χ3n) is 1.82. The highest BCUT2D eigenvalue weighted by Gasteiger charge is 2.09. The van der Waals surface area contributed by atoms with Crippen molar-refractivity contribution in [3.8, 4) is 0 Å². The molecule has 0 saturated carbocycles. The zero-order chi connectivity index (χ0) is 10.0. The second kappa shape index (κ2) is 3.89. The van der Waals surface area contributed by atoms with Gasteiger partial charge in [-0.2, -0.15) is 0 Å². The highest BCUT2D eigenvalue weighted by atomic mass is 79.9. The number of nitrogens with zero attached hydrogens (tertiary/aromatic N) is 1. The first kappa shape index (κ1) is 10.2. The summed E-state index contributed by atoms with van der Waals surface area (Å²) in [7, 11) is 0. The van der Waals surface area contributed by atoms with E-state index in [4.69, 9.17) is 11.5 Å². The highest BCUT2D eigenvalue weighted by Crippen LogP contribution is 2.24. The van der Waals surface area contributed by atoms with E-state index in [9.17, 15) is 0 Å². The molecule has 1 rings (SSSR count). The molecule has 0 saturated heterocycles. The topological polar surface area (TPSA) is 64.9 Å². The third-order valence-corrected chi connectivity index (χ3v) is 2.63. The summed E-state index contributed by atoms with van der Waals surface area (Å²) >= 11 is 3.37. The summed E-state index contributed by atoms with van der Waals surface area (Å²) < 4.78 is 0.911. The molecule has 0 bridgehead atoms. The Morgan fingerprint density at radius 2 is 2.31 bits per heavy atom. The number of nitrogen functional groups attached to an aromatic ring is 1. The van der Waals surface area contributed by atoms with Gasteiger partial charge in [0.15, 0.2) is 0 Å². The van der Waals surface area contributed by atoms with Crippen molar-refractivity contribution >= 4 is 21.7 Å². The molecule has 0 spiro atoms. The van der Waals surface area contributed by atoms with Gasteiger partial charge in [0.05, 0.1) is 11.7 Å². The van der Waals surface area contributed by atoms with E-state index < -0.39 is 0 Å². The van der Waals surface area contributed by atoms with Gasteiger partial charge in [-0.3, -0.25) is 0 Å². The van der Waals surface area contributed by atoms with Crippen LogP contribution in [0.15, 0.2) is 23.2 Å². The van der Waals surface area contributed by atoms with Crippen LogP contribution in [0, 0.1) is 6.92 Å². The smallest absolute Gasteiger partial charge is 0.128 e. The number of aromatic nitrogens is 1. The van der Waals surface area contributed by atoms with Crippen molar-refractivity contribution in [3.63, 3.8) is 0 Å². The number of nitrogens with two attached hydrogens (primary N) is 2. The van der Waals surface area contributed by atoms with E-state index in [1.807, 2.05) is 13.0 Å². The second-order valence-electron chi connectivity index (χ2n) is 2.79. The van der Waals surface area contributed by atoms with Crippen LogP contribution in [0.4, 0.5) is 5.82 Å². The van der Waals surface area contributed by atoms with E-state index in [1.54, 1.807) is 6.08 Å². The fourth-order valence-electron chi connectivity index (χ4n) is 1.01. The molecular formula is C9H12BrN3. The standard InChI is InChI=1S/C9H12BrN3/c1-3-8(11)6-4-7(10)5(2)13-9(6)12/h3-4,8H,1,11H2,2H3,(H2,12,13). The molecule has 1 aromatic rings. The molecule has 0 aliphatic rings. The zero-order valence-electron chi connectivity index (χ0n) is 7.42. The molecule has 0 aliphatic carbocycles. The highest BCUT2D eigenvalue weighted by molar-refractivity contribution is 9.10. The van der Waals surface area contributed by atoms with Crippen molar-refractivity contribution < 1.29 is 0 Å². The molecular weight excluding hydrogens is 230 g/mol. The molecule has 3 nitrogen and oxygen atoms in total. The van der Waals surface area contributed by atoms with Crippen molar-refractivity contribution in [1.82, 2.24) is 4.98 Å². The number of anilines is 1. The Balaban J connectivity index is 3.22. The number of aryl methyl sites for hydroxylation is 1. The minimum atomic E-state index is -0.260. The van der Waals surface area contributed by atoms with Crippen LogP contribution in [0.1, 0.15) is 17.3 Å². The molecule has 0 amide bonds. The van der Waals surface area contributed by atoms with E-state index in [2.05, 4.69) is 27.5 Å². The van der Waals surface area contributed by atoms with Crippen LogP contribution in [0.2, 0.25) is 0 Å². The summed E-state index contributed by atoms with van der Waals surface area (Å²) in [5.41, 5.74) is 13.1. The summed E-state index contributed by atoms with van der Waals surface area (Å²) in [5, 5.41) is 0. The molecule has 4 N–H and O–H groups in total. The Hall–Kier alpha value is -0.870.